The molecular formula is C16H32O8. The minimum absolute atomic E-state index is 0.0752. The Hall–Kier alpha value is -0.320. The molecule has 0 aliphatic carbocycles. The first kappa shape index (κ1) is 21.7. The smallest absolute Gasteiger partial charge is 0.0701 e. The van der Waals surface area contributed by atoms with Gasteiger partial charge in [-0.3, -0.25) is 0 Å². The lowest BCUT2D eigenvalue weighted by Gasteiger charge is -2.24. The Bertz CT molecular complexity index is 242. The van der Waals surface area contributed by atoms with Crippen LogP contribution in [-0.2, 0) is 28.4 Å². The molecule has 8 nitrogen and oxygen atoms in total. The Balaban J connectivity index is 2.32. The van der Waals surface area contributed by atoms with E-state index in [1.165, 1.54) is 0 Å². The summed E-state index contributed by atoms with van der Waals surface area (Å²) in [5.41, 5.74) is 0. The van der Waals surface area contributed by atoms with Crippen molar-refractivity contribution in [3.05, 3.63) is 0 Å². The molecule has 8 heteroatoms. The summed E-state index contributed by atoms with van der Waals surface area (Å²) in [5.74, 6) is -0.337. The fourth-order valence-electron chi connectivity index (χ4n) is 2.14. The fourth-order valence-corrected chi connectivity index (χ4v) is 2.14. The summed E-state index contributed by atoms with van der Waals surface area (Å²) in [6, 6.07) is 0. The molecule has 0 amide bonds. The van der Waals surface area contributed by atoms with Gasteiger partial charge in [-0.05, 0) is 0 Å². The summed E-state index contributed by atoms with van der Waals surface area (Å²) in [4.78, 5) is 0. The summed E-state index contributed by atoms with van der Waals surface area (Å²) in [7, 11) is 0. The van der Waals surface area contributed by atoms with E-state index in [4.69, 9.17) is 28.4 Å². The molecule has 0 unspecified atom stereocenters. The number of hydrogen-bond donors (Lipinski definition) is 2. The summed E-state index contributed by atoms with van der Waals surface area (Å²) >= 11 is 0. The molecule has 0 aromatic carbocycles. The van der Waals surface area contributed by atoms with E-state index < -0.39 is 0 Å². The van der Waals surface area contributed by atoms with Crippen LogP contribution in [0.1, 0.15) is 0 Å². The van der Waals surface area contributed by atoms with Crippen molar-refractivity contribution in [2.75, 3.05) is 92.5 Å². The van der Waals surface area contributed by atoms with Gasteiger partial charge < -0.3 is 38.6 Å². The lowest BCUT2D eigenvalue weighted by molar-refractivity contribution is -0.0379. The van der Waals surface area contributed by atoms with Gasteiger partial charge in [0.15, 0.2) is 0 Å². The standard InChI is InChI=1S/C16H32O8/c17-11-15(12-18)16-13-23-9-7-21-5-3-19-1-2-20-4-6-22-8-10-24-14-16/h15-18H,1-14H2. The Morgan fingerprint density at radius 3 is 1.12 bits per heavy atom. The Morgan fingerprint density at radius 1 is 0.542 bits per heavy atom. The highest BCUT2D eigenvalue weighted by Gasteiger charge is 2.21. The number of ether oxygens (including phenoxy) is 6. The molecular weight excluding hydrogens is 320 g/mol. The van der Waals surface area contributed by atoms with Crippen LogP contribution in [-0.4, -0.2) is 103 Å². The molecule has 144 valence electrons. The minimum atomic E-state index is -0.261. The zero-order valence-electron chi connectivity index (χ0n) is 14.4. The van der Waals surface area contributed by atoms with E-state index in [1.807, 2.05) is 0 Å². The lowest BCUT2D eigenvalue weighted by atomic mass is 9.95. The van der Waals surface area contributed by atoms with E-state index in [9.17, 15) is 10.2 Å². The predicted molar refractivity (Wildman–Crippen MR) is 86.1 cm³/mol. The van der Waals surface area contributed by atoms with Crippen molar-refractivity contribution < 1.29 is 38.6 Å². The maximum atomic E-state index is 9.35. The van der Waals surface area contributed by atoms with Crippen LogP contribution in [0, 0.1) is 11.8 Å². The van der Waals surface area contributed by atoms with Crippen LogP contribution in [0.15, 0.2) is 0 Å². The van der Waals surface area contributed by atoms with Gasteiger partial charge in [-0.2, -0.15) is 0 Å². The van der Waals surface area contributed by atoms with Crippen LogP contribution in [0.5, 0.6) is 0 Å². The van der Waals surface area contributed by atoms with Gasteiger partial charge in [-0.15, -0.1) is 0 Å². The van der Waals surface area contributed by atoms with Gasteiger partial charge in [0.25, 0.3) is 0 Å². The summed E-state index contributed by atoms with van der Waals surface area (Å²) in [6.45, 7) is 5.59. The second-order valence-corrected chi connectivity index (χ2v) is 5.48. The predicted octanol–water partition coefficient (Wildman–Crippen LogP) is -0.683. The van der Waals surface area contributed by atoms with Gasteiger partial charge in [0.05, 0.1) is 79.3 Å². The molecule has 1 heterocycles. The van der Waals surface area contributed by atoms with Crippen molar-refractivity contribution in [1.29, 1.82) is 0 Å². The Morgan fingerprint density at radius 2 is 0.833 bits per heavy atom. The monoisotopic (exact) mass is 352 g/mol. The number of aliphatic hydroxyl groups is 2. The first-order chi connectivity index (χ1) is 11.9. The molecule has 1 saturated heterocycles. The third kappa shape index (κ3) is 11.3. The van der Waals surface area contributed by atoms with Crippen molar-refractivity contribution in [1.82, 2.24) is 0 Å². The highest BCUT2D eigenvalue weighted by Crippen LogP contribution is 2.12. The minimum Gasteiger partial charge on any atom is -0.396 e. The molecule has 1 rings (SSSR count). The van der Waals surface area contributed by atoms with Gasteiger partial charge in [0, 0.05) is 25.0 Å². The zero-order chi connectivity index (χ0) is 17.3. The van der Waals surface area contributed by atoms with Crippen LogP contribution in [0.4, 0.5) is 0 Å². The second-order valence-electron chi connectivity index (χ2n) is 5.48. The molecule has 0 aromatic rings. The van der Waals surface area contributed by atoms with Crippen molar-refractivity contribution in [2.45, 2.75) is 0 Å². The number of aliphatic hydroxyl groups excluding tert-OH is 2. The molecule has 1 fully saturated rings. The summed E-state index contributed by atoms with van der Waals surface area (Å²) < 4.78 is 32.7. The number of rotatable bonds is 3. The maximum absolute atomic E-state index is 9.35. The molecule has 0 atom stereocenters. The molecule has 0 radical (unpaired) electrons. The molecule has 0 saturated carbocycles. The van der Waals surface area contributed by atoms with Crippen LogP contribution in [0.3, 0.4) is 0 Å². The highest BCUT2D eigenvalue weighted by molar-refractivity contribution is 4.68. The van der Waals surface area contributed by atoms with E-state index in [0.717, 1.165) is 0 Å². The Labute approximate surface area is 143 Å². The van der Waals surface area contributed by atoms with E-state index in [1.54, 1.807) is 0 Å². The SMILES string of the molecule is OCC(CO)C1COCCOCCOCCOCCOCCOC1. The van der Waals surface area contributed by atoms with Gasteiger partial charge in [-0.25, -0.2) is 0 Å². The normalized spacial score (nSPS) is 22.6. The fraction of sp³-hybridized carbons (Fsp3) is 1.00. The van der Waals surface area contributed by atoms with Gasteiger partial charge in [0.2, 0.25) is 0 Å². The van der Waals surface area contributed by atoms with Gasteiger partial charge in [-0.1, -0.05) is 0 Å². The van der Waals surface area contributed by atoms with Crippen LogP contribution < -0.4 is 0 Å². The second kappa shape index (κ2) is 16.2. The van der Waals surface area contributed by atoms with Crippen LogP contribution >= 0.6 is 0 Å². The topological polar surface area (TPSA) is 95.8 Å². The maximum Gasteiger partial charge on any atom is 0.0701 e. The average Bonchev–Trinajstić information content (AvgIpc) is 2.60. The van der Waals surface area contributed by atoms with E-state index >= 15 is 0 Å². The first-order valence-electron chi connectivity index (χ1n) is 8.56. The Kier molecular flexibility index (Phi) is 14.6. The average molecular weight is 352 g/mol. The van der Waals surface area contributed by atoms with Gasteiger partial charge in [0.1, 0.15) is 0 Å². The quantitative estimate of drug-likeness (QED) is 0.690. The van der Waals surface area contributed by atoms with Crippen molar-refractivity contribution >= 4 is 0 Å². The van der Waals surface area contributed by atoms with Crippen molar-refractivity contribution in [3.63, 3.8) is 0 Å². The molecule has 1 aliphatic rings. The molecule has 0 spiro atoms. The highest BCUT2D eigenvalue weighted by atomic mass is 16.6. The molecule has 1 aliphatic heterocycles. The first-order valence-corrected chi connectivity index (χ1v) is 8.56. The largest absolute Gasteiger partial charge is 0.396 e. The third-order valence-corrected chi connectivity index (χ3v) is 3.66. The van der Waals surface area contributed by atoms with E-state index in [-0.39, 0.29) is 25.0 Å². The lowest BCUT2D eigenvalue weighted by Crippen LogP contribution is -2.31. The molecule has 2 N–H and O–H groups in total. The van der Waals surface area contributed by atoms with Crippen LogP contribution in [0.2, 0.25) is 0 Å². The van der Waals surface area contributed by atoms with Crippen LogP contribution in [0.25, 0.3) is 0 Å². The zero-order valence-corrected chi connectivity index (χ0v) is 14.4. The number of hydrogen-bond acceptors (Lipinski definition) is 8. The van der Waals surface area contributed by atoms with Crippen molar-refractivity contribution in [2.24, 2.45) is 11.8 Å². The van der Waals surface area contributed by atoms with E-state index in [2.05, 4.69) is 0 Å². The summed E-state index contributed by atoms with van der Waals surface area (Å²) in [6.07, 6.45) is 0. The molecule has 0 aromatic heterocycles. The molecule has 24 heavy (non-hydrogen) atoms. The summed E-state index contributed by atoms with van der Waals surface area (Å²) in [5, 5.41) is 18.7. The third-order valence-electron chi connectivity index (χ3n) is 3.66. The van der Waals surface area contributed by atoms with E-state index in [0.29, 0.717) is 79.3 Å². The molecule has 0 bridgehead atoms. The van der Waals surface area contributed by atoms with Gasteiger partial charge >= 0.3 is 0 Å². The van der Waals surface area contributed by atoms with Crippen molar-refractivity contribution in [3.8, 4) is 0 Å².